The average molecular weight is 221 g/mol. The molecule has 90 valence electrons. The first-order valence-corrected chi connectivity index (χ1v) is 6.16. The van der Waals surface area contributed by atoms with Gasteiger partial charge in [-0.05, 0) is 31.0 Å². The summed E-state index contributed by atoms with van der Waals surface area (Å²) in [6.07, 6.45) is 1.08. The summed E-state index contributed by atoms with van der Waals surface area (Å²) in [6.45, 7) is 8.98. The predicted octanol–water partition coefficient (Wildman–Crippen LogP) is 3.07. The molecule has 1 atom stereocenters. The maximum absolute atomic E-state index is 5.64. The van der Waals surface area contributed by atoms with Crippen LogP contribution < -0.4 is 5.32 Å². The normalized spacial score (nSPS) is 12.7. The van der Waals surface area contributed by atoms with Crippen molar-refractivity contribution in [3.63, 3.8) is 0 Å². The highest BCUT2D eigenvalue weighted by Crippen LogP contribution is 2.17. The molecule has 0 saturated heterocycles. The second-order valence-corrected chi connectivity index (χ2v) is 4.04. The Bertz CT molecular complexity index is 299. The largest absolute Gasteiger partial charge is 0.379 e. The molecule has 2 heteroatoms. The molecule has 0 radical (unpaired) electrons. The Labute approximate surface area is 99.0 Å². The van der Waals surface area contributed by atoms with Crippen LogP contribution in [0.4, 0.5) is 0 Å². The third-order valence-corrected chi connectivity index (χ3v) is 2.65. The number of rotatable bonds is 7. The fraction of sp³-hybridized carbons (Fsp3) is 0.571. The smallest absolute Gasteiger partial charge is 0.0661 e. The van der Waals surface area contributed by atoms with E-state index in [4.69, 9.17) is 4.74 Å². The first-order chi connectivity index (χ1) is 7.79. The molecule has 0 saturated carbocycles. The molecule has 1 unspecified atom stereocenters. The van der Waals surface area contributed by atoms with Gasteiger partial charge in [0.05, 0.1) is 12.6 Å². The number of nitrogens with one attached hydrogen (secondary N) is 1. The average Bonchev–Trinajstić information content (AvgIpc) is 2.29. The van der Waals surface area contributed by atoms with Crippen LogP contribution in [0.25, 0.3) is 0 Å². The molecule has 1 N–H and O–H groups in total. The van der Waals surface area contributed by atoms with Crippen LogP contribution in [0.1, 0.15) is 37.4 Å². The molecular formula is C14H23NO. The van der Waals surface area contributed by atoms with E-state index >= 15 is 0 Å². The minimum absolute atomic E-state index is 0.317. The molecule has 2 nitrogen and oxygen atoms in total. The second-order valence-electron chi connectivity index (χ2n) is 4.04. The van der Waals surface area contributed by atoms with E-state index in [1.807, 2.05) is 0 Å². The minimum Gasteiger partial charge on any atom is -0.379 e. The number of hydrogen-bond donors (Lipinski definition) is 1. The van der Waals surface area contributed by atoms with Crippen LogP contribution in [0.2, 0.25) is 0 Å². The fourth-order valence-electron chi connectivity index (χ4n) is 1.83. The molecule has 0 aromatic heterocycles. The van der Waals surface area contributed by atoms with Crippen LogP contribution in [0, 0.1) is 6.92 Å². The molecule has 0 aliphatic heterocycles. The maximum atomic E-state index is 5.64. The summed E-state index contributed by atoms with van der Waals surface area (Å²) in [5.74, 6) is 0. The first-order valence-electron chi connectivity index (χ1n) is 6.16. The molecule has 0 aliphatic carbocycles. The topological polar surface area (TPSA) is 21.3 Å². The molecular weight excluding hydrogens is 198 g/mol. The molecule has 0 spiro atoms. The van der Waals surface area contributed by atoms with Crippen molar-refractivity contribution in [1.29, 1.82) is 0 Å². The van der Waals surface area contributed by atoms with Crippen molar-refractivity contribution in [2.75, 3.05) is 19.8 Å². The number of hydrogen-bond acceptors (Lipinski definition) is 2. The summed E-state index contributed by atoms with van der Waals surface area (Å²) in [6, 6.07) is 8.82. The summed E-state index contributed by atoms with van der Waals surface area (Å²) in [4.78, 5) is 0. The lowest BCUT2D eigenvalue weighted by Gasteiger charge is -2.20. The maximum Gasteiger partial charge on any atom is 0.0661 e. The standard InChI is InChI=1S/C14H23NO/c1-4-10-16-11-14(15-5-2)13-9-7-6-8-12(13)3/h6-9,14-15H,4-5,10-11H2,1-3H3. The number of aryl methyl sites for hydroxylation is 1. The zero-order valence-corrected chi connectivity index (χ0v) is 10.6. The Balaban J connectivity index is 2.65. The molecule has 1 rings (SSSR count). The van der Waals surface area contributed by atoms with Gasteiger partial charge in [0, 0.05) is 6.61 Å². The lowest BCUT2D eigenvalue weighted by Crippen LogP contribution is -2.26. The highest BCUT2D eigenvalue weighted by atomic mass is 16.5. The lowest BCUT2D eigenvalue weighted by atomic mass is 10.0. The monoisotopic (exact) mass is 221 g/mol. The zero-order valence-electron chi connectivity index (χ0n) is 10.6. The van der Waals surface area contributed by atoms with E-state index in [-0.39, 0.29) is 0 Å². The lowest BCUT2D eigenvalue weighted by molar-refractivity contribution is 0.112. The van der Waals surface area contributed by atoms with Gasteiger partial charge in [-0.15, -0.1) is 0 Å². The Morgan fingerprint density at radius 2 is 2.00 bits per heavy atom. The van der Waals surface area contributed by atoms with Crippen molar-refractivity contribution in [1.82, 2.24) is 5.32 Å². The summed E-state index contributed by atoms with van der Waals surface area (Å²) in [7, 11) is 0. The highest BCUT2D eigenvalue weighted by Gasteiger charge is 2.11. The van der Waals surface area contributed by atoms with Gasteiger partial charge in [0.15, 0.2) is 0 Å². The Hall–Kier alpha value is -0.860. The summed E-state index contributed by atoms with van der Waals surface area (Å²) in [5.41, 5.74) is 2.68. The van der Waals surface area contributed by atoms with Gasteiger partial charge in [0.1, 0.15) is 0 Å². The van der Waals surface area contributed by atoms with E-state index in [9.17, 15) is 0 Å². The van der Waals surface area contributed by atoms with Crippen molar-refractivity contribution in [2.45, 2.75) is 33.2 Å². The molecule has 0 aliphatic rings. The molecule has 1 aromatic rings. The van der Waals surface area contributed by atoms with Gasteiger partial charge in [0.2, 0.25) is 0 Å². The first kappa shape index (κ1) is 13.2. The summed E-state index contributed by atoms with van der Waals surface area (Å²) in [5, 5.41) is 3.47. The Morgan fingerprint density at radius 3 is 2.62 bits per heavy atom. The van der Waals surface area contributed by atoms with Gasteiger partial charge in [-0.3, -0.25) is 0 Å². The van der Waals surface area contributed by atoms with E-state index in [1.165, 1.54) is 11.1 Å². The van der Waals surface area contributed by atoms with Crippen LogP contribution >= 0.6 is 0 Å². The van der Waals surface area contributed by atoms with Crippen molar-refractivity contribution < 1.29 is 4.74 Å². The zero-order chi connectivity index (χ0) is 11.8. The molecule has 0 bridgehead atoms. The molecule has 16 heavy (non-hydrogen) atoms. The van der Waals surface area contributed by atoms with Crippen LogP contribution in [0.15, 0.2) is 24.3 Å². The molecule has 0 amide bonds. The van der Waals surface area contributed by atoms with E-state index in [0.29, 0.717) is 6.04 Å². The van der Waals surface area contributed by atoms with Crippen molar-refractivity contribution in [3.05, 3.63) is 35.4 Å². The number of likely N-dealkylation sites (N-methyl/N-ethyl adjacent to an activating group) is 1. The fourth-order valence-corrected chi connectivity index (χ4v) is 1.83. The third kappa shape index (κ3) is 3.95. The highest BCUT2D eigenvalue weighted by molar-refractivity contribution is 5.28. The number of benzene rings is 1. The van der Waals surface area contributed by atoms with Gasteiger partial charge < -0.3 is 10.1 Å². The second kappa shape index (κ2) is 7.42. The Kier molecular flexibility index (Phi) is 6.12. The third-order valence-electron chi connectivity index (χ3n) is 2.65. The summed E-state index contributed by atoms with van der Waals surface area (Å²) >= 11 is 0. The van der Waals surface area contributed by atoms with E-state index < -0.39 is 0 Å². The molecule has 0 fully saturated rings. The van der Waals surface area contributed by atoms with Gasteiger partial charge >= 0.3 is 0 Å². The van der Waals surface area contributed by atoms with Gasteiger partial charge in [-0.2, -0.15) is 0 Å². The van der Waals surface area contributed by atoms with Gasteiger partial charge in [-0.1, -0.05) is 38.1 Å². The van der Waals surface area contributed by atoms with Crippen LogP contribution in [0.5, 0.6) is 0 Å². The molecule has 1 aromatic carbocycles. The van der Waals surface area contributed by atoms with Gasteiger partial charge in [-0.25, -0.2) is 0 Å². The Morgan fingerprint density at radius 1 is 1.25 bits per heavy atom. The van der Waals surface area contributed by atoms with E-state index in [2.05, 4.69) is 50.4 Å². The van der Waals surface area contributed by atoms with Crippen LogP contribution in [-0.4, -0.2) is 19.8 Å². The quantitative estimate of drug-likeness (QED) is 0.714. The SMILES string of the molecule is CCCOCC(NCC)c1ccccc1C. The molecule has 0 heterocycles. The number of ether oxygens (including phenoxy) is 1. The van der Waals surface area contributed by atoms with Gasteiger partial charge in [0.25, 0.3) is 0 Å². The van der Waals surface area contributed by atoms with Crippen molar-refractivity contribution in [2.24, 2.45) is 0 Å². The van der Waals surface area contributed by atoms with Crippen LogP contribution in [0.3, 0.4) is 0 Å². The van der Waals surface area contributed by atoms with Crippen molar-refractivity contribution >= 4 is 0 Å². The van der Waals surface area contributed by atoms with E-state index in [0.717, 1.165) is 26.2 Å². The predicted molar refractivity (Wildman–Crippen MR) is 68.7 cm³/mol. The van der Waals surface area contributed by atoms with E-state index in [1.54, 1.807) is 0 Å². The summed E-state index contributed by atoms with van der Waals surface area (Å²) < 4.78 is 5.64. The van der Waals surface area contributed by atoms with Crippen molar-refractivity contribution in [3.8, 4) is 0 Å². The van der Waals surface area contributed by atoms with Crippen LogP contribution in [-0.2, 0) is 4.74 Å². The minimum atomic E-state index is 0.317.